The van der Waals surface area contributed by atoms with E-state index in [-0.39, 0.29) is 6.10 Å². The van der Waals surface area contributed by atoms with Gasteiger partial charge in [-0.25, -0.2) is 0 Å². The minimum Gasteiger partial charge on any atom is -0.488 e. The van der Waals surface area contributed by atoms with E-state index in [1.807, 2.05) is 24.3 Å². The first-order chi connectivity index (χ1) is 11.2. The van der Waals surface area contributed by atoms with E-state index in [4.69, 9.17) is 27.9 Å². The van der Waals surface area contributed by atoms with Crippen molar-refractivity contribution in [3.05, 3.63) is 52.0 Å². The Balaban J connectivity index is 1.59. The summed E-state index contributed by atoms with van der Waals surface area (Å²) in [6.45, 7) is 0.898. The van der Waals surface area contributed by atoms with E-state index in [9.17, 15) is 0 Å². The number of hydrogen-bond acceptors (Lipinski definition) is 2. The van der Waals surface area contributed by atoms with Gasteiger partial charge in [-0.15, -0.1) is 0 Å². The Morgan fingerprint density at radius 3 is 2.48 bits per heavy atom. The zero-order valence-electron chi connectivity index (χ0n) is 12.8. The van der Waals surface area contributed by atoms with Crippen LogP contribution in [-0.4, -0.2) is 18.7 Å². The molecule has 2 aromatic rings. The Kier molecular flexibility index (Phi) is 4.23. The van der Waals surface area contributed by atoms with Crippen molar-refractivity contribution in [1.82, 2.24) is 5.32 Å². The monoisotopic (exact) mass is 347 g/mol. The fourth-order valence-corrected chi connectivity index (χ4v) is 3.92. The van der Waals surface area contributed by atoms with Gasteiger partial charge in [-0.3, -0.25) is 0 Å². The number of nitrogens with one attached hydrogen (secondary N) is 1. The predicted molar refractivity (Wildman–Crippen MR) is 95.7 cm³/mol. The average Bonchev–Trinajstić information content (AvgIpc) is 2.89. The van der Waals surface area contributed by atoms with E-state index in [0.29, 0.717) is 16.1 Å². The van der Waals surface area contributed by atoms with Crippen molar-refractivity contribution in [1.29, 1.82) is 0 Å². The van der Waals surface area contributed by atoms with Gasteiger partial charge in [0.2, 0.25) is 0 Å². The van der Waals surface area contributed by atoms with Crippen molar-refractivity contribution >= 4 is 23.2 Å². The Morgan fingerprint density at radius 1 is 1.04 bits per heavy atom. The summed E-state index contributed by atoms with van der Waals surface area (Å²) in [7, 11) is 0. The van der Waals surface area contributed by atoms with Crippen LogP contribution < -0.4 is 10.1 Å². The van der Waals surface area contributed by atoms with Crippen LogP contribution in [0.4, 0.5) is 0 Å². The van der Waals surface area contributed by atoms with Crippen LogP contribution in [0.25, 0.3) is 11.1 Å². The highest BCUT2D eigenvalue weighted by atomic mass is 35.5. The lowest BCUT2D eigenvalue weighted by Crippen LogP contribution is -2.41. The maximum absolute atomic E-state index is 6.38. The summed E-state index contributed by atoms with van der Waals surface area (Å²) in [5.74, 6) is 0.933. The third-order valence-electron chi connectivity index (χ3n) is 4.80. The largest absolute Gasteiger partial charge is 0.488 e. The number of fused-ring (bicyclic) bond motifs is 1. The van der Waals surface area contributed by atoms with Crippen LogP contribution in [0.1, 0.15) is 24.8 Å². The van der Waals surface area contributed by atoms with Gasteiger partial charge in [0, 0.05) is 30.1 Å². The Labute approximate surface area is 146 Å². The standard InChI is InChI=1S/C19H19Cl2NO/c20-16-8-3-9-17(21)18(16)15-7-1-4-12-10-14(23-19(12)15)11-22-13-5-2-6-13/h1,3-4,7-9,13-14,22H,2,5-6,10-11H2. The molecule has 1 heterocycles. The molecule has 1 N–H and O–H groups in total. The first-order valence-electron chi connectivity index (χ1n) is 8.18. The number of para-hydroxylation sites is 1. The molecule has 2 aliphatic rings. The fourth-order valence-electron chi connectivity index (χ4n) is 3.31. The van der Waals surface area contributed by atoms with Crippen molar-refractivity contribution in [2.24, 2.45) is 0 Å². The van der Waals surface area contributed by atoms with Crippen LogP contribution in [0.5, 0.6) is 5.75 Å². The van der Waals surface area contributed by atoms with E-state index in [1.54, 1.807) is 0 Å². The van der Waals surface area contributed by atoms with E-state index in [1.165, 1.54) is 24.8 Å². The molecular formula is C19H19Cl2NO. The molecule has 4 rings (SSSR count). The van der Waals surface area contributed by atoms with Gasteiger partial charge in [-0.1, -0.05) is 53.9 Å². The molecule has 0 aromatic heterocycles. The molecular weight excluding hydrogens is 329 g/mol. The van der Waals surface area contributed by atoms with E-state index in [0.717, 1.165) is 29.8 Å². The number of benzene rings is 2. The summed E-state index contributed by atoms with van der Waals surface area (Å²) in [6, 6.07) is 12.5. The molecule has 1 atom stereocenters. The zero-order chi connectivity index (χ0) is 15.8. The van der Waals surface area contributed by atoms with Gasteiger partial charge in [0.05, 0.1) is 10.0 Å². The normalized spacial score (nSPS) is 20.0. The SMILES string of the molecule is Clc1cccc(Cl)c1-c1cccc2c1OC(CNC1CCC1)C2. The Morgan fingerprint density at radius 2 is 1.78 bits per heavy atom. The Hall–Kier alpha value is -1.22. The first-order valence-corrected chi connectivity index (χ1v) is 8.94. The lowest BCUT2D eigenvalue weighted by Gasteiger charge is -2.27. The number of rotatable bonds is 4. The molecule has 1 aliphatic heterocycles. The lowest BCUT2D eigenvalue weighted by atomic mass is 9.93. The molecule has 0 saturated heterocycles. The highest BCUT2D eigenvalue weighted by molar-refractivity contribution is 6.39. The summed E-state index contributed by atoms with van der Waals surface area (Å²) >= 11 is 12.8. The maximum Gasteiger partial charge on any atom is 0.131 e. The predicted octanol–water partition coefficient (Wildman–Crippen LogP) is 5.11. The van der Waals surface area contributed by atoms with Gasteiger partial charge in [0.25, 0.3) is 0 Å². The molecule has 0 spiro atoms. The zero-order valence-corrected chi connectivity index (χ0v) is 14.3. The van der Waals surface area contributed by atoms with E-state index in [2.05, 4.69) is 17.4 Å². The van der Waals surface area contributed by atoms with Gasteiger partial charge < -0.3 is 10.1 Å². The summed E-state index contributed by atoms with van der Waals surface area (Å²) in [6.07, 6.45) is 5.05. The average molecular weight is 348 g/mol. The van der Waals surface area contributed by atoms with E-state index < -0.39 is 0 Å². The van der Waals surface area contributed by atoms with Gasteiger partial charge in [0.1, 0.15) is 11.9 Å². The molecule has 23 heavy (non-hydrogen) atoms. The number of halogens is 2. The Bertz CT molecular complexity index is 707. The quantitative estimate of drug-likeness (QED) is 0.829. The lowest BCUT2D eigenvalue weighted by molar-refractivity contribution is 0.208. The van der Waals surface area contributed by atoms with Crippen LogP contribution in [0.2, 0.25) is 10.0 Å². The number of hydrogen-bond donors (Lipinski definition) is 1. The molecule has 4 heteroatoms. The third kappa shape index (κ3) is 2.96. The van der Waals surface area contributed by atoms with Crippen LogP contribution in [0.3, 0.4) is 0 Å². The summed E-state index contributed by atoms with van der Waals surface area (Å²) in [5, 5.41) is 4.92. The molecule has 1 saturated carbocycles. The molecule has 1 unspecified atom stereocenters. The first kappa shape index (κ1) is 15.3. The highest BCUT2D eigenvalue weighted by Crippen LogP contribution is 2.44. The minimum atomic E-state index is 0.188. The van der Waals surface area contributed by atoms with Crippen LogP contribution in [0, 0.1) is 0 Å². The van der Waals surface area contributed by atoms with Crippen LogP contribution in [0.15, 0.2) is 36.4 Å². The second-order valence-corrected chi connectivity index (χ2v) is 7.18. The number of ether oxygens (including phenoxy) is 1. The molecule has 1 fully saturated rings. The van der Waals surface area contributed by atoms with Crippen molar-refractivity contribution in [2.75, 3.05) is 6.54 Å². The molecule has 1 aliphatic carbocycles. The van der Waals surface area contributed by atoms with Gasteiger partial charge in [-0.05, 0) is 30.5 Å². The van der Waals surface area contributed by atoms with Crippen LogP contribution >= 0.6 is 23.2 Å². The molecule has 0 amide bonds. The summed E-state index contributed by atoms with van der Waals surface area (Å²) in [5.41, 5.74) is 3.09. The molecule has 0 bridgehead atoms. The van der Waals surface area contributed by atoms with E-state index >= 15 is 0 Å². The minimum absolute atomic E-state index is 0.188. The molecule has 0 radical (unpaired) electrons. The summed E-state index contributed by atoms with van der Waals surface area (Å²) < 4.78 is 6.24. The second kappa shape index (κ2) is 6.35. The third-order valence-corrected chi connectivity index (χ3v) is 5.43. The van der Waals surface area contributed by atoms with Crippen molar-refractivity contribution in [3.8, 4) is 16.9 Å². The van der Waals surface area contributed by atoms with Crippen LogP contribution in [-0.2, 0) is 6.42 Å². The summed E-state index contributed by atoms with van der Waals surface area (Å²) in [4.78, 5) is 0. The topological polar surface area (TPSA) is 21.3 Å². The van der Waals surface area contributed by atoms with Gasteiger partial charge >= 0.3 is 0 Å². The molecule has 120 valence electrons. The van der Waals surface area contributed by atoms with Crippen molar-refractivity contribution < 1.29 is 4.74 Å². The molecule has 2 aromatic carbocycles. The van der Waals surface area contributed by atoms with Crippen molar-refractivity contribution in [2.45, 2.75) is 37.8 Å². The molecule has 2 nitrogen and oxygen atoms in total. The second-order valence-electron chi connectivity index (χ2n) is 6.37. The van der Waals surface area contributed by atoms with Crippen molar-refractivity contribution in [3.63, 3.8) is 0 Å². The highest BCUT2D eigenvalue weighted by Gasteiger charge is 2.28. The smallest absolute Gasteiger partial charge is 0.131 e. The van der Waals surface area contributed by atoms with Gasteiger partial charge in [-0.2, -0.15) is 0 Å². The maximum atomic E-state index is 6.38. The fraction of sp³-hybridized carbons (Fsp3) is 0.368. The van der Waals surface area contributed by atoms with Gasteiger partial charge in [0.15, 0.2) is 0 Å².